The van der Waals surface area contributed by atoms with Crippen molar-refractivity contribution in [2.24, 2.45) is 0 Å². The van der Waals surface area contributed by atoms with Crippen LogP contribution in [0.15, 0.2) is 0 Å². The molecule has 1 heterocycles. The highest BCUT2D eigenvalue weighted by Crippen LogP contribution is 2.17. The summed E-state index contributed by atoms with van der Waals surface area (Å²) in [5, 5.41) is 8.64. The first kappa shape index (κ1) is 7.10. The van der Waals surface area contributed by atoms with Gasteiger partial charge < -0.3 is 9.84 Å². The zero-order valence-corrected chi connectivity index (χ0v) is 5.71. The van der Waals surface area contributed by atoms with Gasteiger partial charge in [0.15, 0.2) is 0 Å². The molecule has 0 amide bonds. The molecule has 1 fully saturated rings. The molecule has 1 radical (unpaired) electrons. The van der Waals surface area contributed by atoms with E-state index in [-0.39, 0.29) is 12.7 Å². The molecule has 0 bridgehead atoms. The van der Waals surface area contributed by atoms with E-state index in [1.54, 1.807) is 0 Å². The van der Waals surface area contributed by atoms with E-state index in [2.05, 4.69) is 0 Å². The van der Waals surface area contributed by atoms with Crippen molar-refractivity contribution in [1.29, 1.82) is 0 Å². The molecule has 2 unspecified atom stereocenters. The third-order valence-corrected chi connectivity index (χ3v) is 1.72. The zero-order valence-electron chi connectivity index (χ0n) is 5.71. The minimum atomic E-state index is 0.103. The third-order valence-electron chi connectivity index (χ3n) is 1.72. The maximum atomic E-state index is 8.64. The van der Waals surface area contributed by atoms with Crippen LogP contribution in [0.5, 0.6) is 0 Å². The Morgan fingerprint density at radius 2 is 2.44 bits per heavy atom. The summed E-state index contributed by atoms with van der Waals surface area (Å²) in [5.41, 5.74) is 0. The topological polar surface area (TPSA) is 29.5 Å². The molecule has 2 nitrogen and oxygen atoms in total. The smallest absolute Gasteiger partial charge is 0.146 e. The number of rotatable bonds is 2. The standard InChI is InChI=1S/C6H12BO2/c1-7-6-3-2-5(4-8)9-6/h5-6,8H,2-4H2,1H3. The first-order chi connectivity index (χ1) is 4.36. The fraction of sp³-hybridized carbons (Fsp3) is 1.00. The normalized spacial score (nSPS) is 34.9. The predicted molar refractivity (Wildman–Crippen MR) is 36.6 cm³/mol. The SMILES string of the molecule is C[B]C1CCC(CO)O1. The molecule has 3 heteroatoms. The maximum Gasteiger partial charge on any atom is 0.146 e. The molecule has 1 saturated heterocycles. The van der Waals surface area contributed by atoms with Gasteiger partial charge in [0.1, 0.15) is 7.28 Å². The molecule has 0 spiro atoms. The van der Waals surface area contributed by atoms with Crippen LogP contribution in [0.25, 0.3) is 0 Å². The molecular formula is C6H12BO2. The third kappa shape index (κ3) is 1.70. The minimum Gasteiger partial charge on any atom is -0.394 e. The van der Waals surface area contributed by atoms with Crippen LogP contribution in [0, 0.1) is 0 Å². The fourth-order valence-electron chi connectivity index (χ4n) is 1.11. The van der Waals surface area contributed by atoms with Crippen LogP contribution in [0.4, 0.5) is 0 Å². The van der Waals surface area contributed by atoms with Gasteiger partial charge in [-0.1, -0.05) is 6.82 Å². The van der Waals surface area contributed by atoms with Crippen LogP contribution in [-0.2, 0) is 4.74 Å². The van der Waals surface area contributed by atoms with Crippen molar-refractivity contribution in [3.63, 3.8) is 0 Å². The van der Waals surface area contributed by atoms with Gasteiger partial charge in [-0.3, -0.25) is 0 Å². The van der Waals surface area contributed by atoms with Gasteiger partial charge in [-0.2, -0.15) is 0 Å². The molecule has 0 aromatic carbocycles. The first-order valence-corrected chi connectivity index (χ1v) is 3.42. The van der Waals surface area contributed by atoms with Crippen LogP contribution >= 0.6 is 0 Å². The molecule has 9 heavy (non-hydrogen) atoms. The summed E-state index contributed by atoms with van der Waals surface area (Å²) in [5.74, 6) is 0. The van der Waals surface area contributed by atoms with E-state index in [9.17, 15) is 0 Å². The fourth-order valence-corrected chi connectivity index (χ4v) is 1.11. The van der Waals surface area contributed by atoms with Gasteiger partial charge in [0.05, 0.1) is 12.7 Å². The average Bonchev–Trinajstić information content (AvgIpc) is 2.34. The highest BCUT2D eigenvalue weighted by atomic mass is 16.5. The Labute approximate surface area is 56.5 Å². The van der Waals surface area contributed by atoms with Gasteiger partial charge >= 0.3 is 0 Å². The van der Waals surface area contributed by atoms with Crippen LogP contribution in [-0.4, -0.2) is 31.1 Å². The lowest BCUT2D eigenvalue weighted by Gasteiger charge is -2.07. The Morgan fingerprint density at radius 1 is 1.67 bits per heavy atom. The van der Waals surface area contributed by atoms with Crippen LogP contribution in [0.2, 0.25) is 6.82 Å². The Morgan fingerprint density at radius 3 is 2.78 bits per heavy atom. The van der Waals surface area contributed by atoms with Crippen molar-refractivity contribution in [3.8, 4) is 0 Å². The lowest BCUT2D eigenvalue weighted by atomic mass is 9.74. The molecule has 1 rings (SSSR count). The van der Waals surface area contributed by atoms with E-state index in [0.29, 0.717) is 6.00 Å². The maximum absolute atomic E-state index is 8.64. The zero-order chi connectivity index (χ0) is 6.69. The number of ether oxygens (including phenoxy) is 1. The molecular weight excluding hydrogens is 115 g/mol. The van der Waals surface area contributed by atoms with Crippen LogP contribution < -0.4 is 0 Å². The molecule has 1 aliphatic rings. The summed E-state index contributed by atoms with van der Waals surface area (Å²) in [4.78, 5) is 0. The Bertz CT molecular complexity index is 77.1. The average molecular weight is 127 g/mol. The second-order valence-electron chi connectivity index (χ2n) is 2.39. The van der Waals surface area contributed by atoms with Crippen molar-refractivity contribution in [3.05, 3.63) is 0 Å². The molecule has 0 aromatic rings. The minimum absolute atomic E-state index is 0.103. The molecule has 1 aliphatic heterocycles. The van der Waals surface area contributed by atoms with E-state index >= 15 is 0 Å². The predicted octanol–water partition coefficient (Wildman–Crippen LogP) is 0.236. The van der Waals surface area contributed by atoms with Gasteiger partial charge in [-0.25, -0.2) is 0 Å². The lowest BCUT2D eigenvalue weighted by molar-refractivity contribution is 0.0421. The monoisotopic (exact) mass is 127 g/mol. The number of aliphatic hydroxyl groups is 1. The quantitative estimate of drug-likeness (QED) is 0.538. The number of hydrogen-bond donors (Lipinski definition) is 1. The van der Waals surface area contributed by atoms with E-state index in [0.717, 1.165) is 12.8 Å². The first-order valence-electron chi connectivity index (χ1n) is 3.42. The Hall–Kier alpha value is -0.0151. The lowest BCUT2D eigenvalue weighted by Crippen LogP contribution is -2.17. The second kappa shape index (κ2) is 3.23. The molecule has 2 atom stereocenters. The summed E-state index contributed by atoms with van der Waals surface area (Å²) in [6, 6.07) is 0.294. The van der Waals surface area contributed by atoms with Crippen molar-refractivity contribution < 1.29 is 9.84 Å². The van der Waals surface area contributed by atoms with Crippen molar-refractivity contribution in [2.75, 3.05) is 6.61 Å². The highest BCUT2D eigenvalue weighted by molar-refractivity contribution is 6.35. The van der Waals surface area contributed by atoms with Crippen LogP contribution in [0.1, 0.15) is 12.8 Å². The van der Waals surface area contributed by atoms with Gasteiger partial charge in [0.25, 0.3) is 0 Å². The summed E-state index contributed by atoms with van der Waals surface area (Å²) in [6.45, 7) is 2.16. The highest BCUT2D eigenvalue weighted by Gasteiger charge is 2.22. The van der Waals surface area contributed by atoms with Gasteiger partial charge in [-0.05, 0) is 12.8 Å². The Balaban J connectivity index is 2.20. The van der Waals surface area contributed by atoms with Crippen molar-refractivity contribution in [1.82, 2.24) is 0 Å². The van der Waals surface area contributed by atoms with Crippen molar-refractivity contribution >= 4 is 7.28 Å². The molecule has 51 valence electrons. The Kier molecular flexibility index (Phi) is 2.55. The van der Waals surface area contributed by atoms with Gasteiger partial charge in [0.2, 0.25) is 0 Å². The largest absolute Gasteiger partial charge is 0.394 e. The molecule has 0 saturated carbocycles. The summed E-state index contributed by atoms with van der Waals surface area (Å²) in [7, 11) is 2.04. The number of hydrogen-bond acceptors (Lipinski definition) is 2. The van der Waals surface area contributed by atoms with Crippen LogP contribution in [0.3, 0.4) is 0 Å². The van der Waals surface area contributed by atoms with E-state index in [1.165, 1.54) is 0 Å². The van der Waals surface area contributed by atoms with E-state index < -0.39 is 0 Å². The summed E-state index contributed by atoms with van der Waals surface area (Å²) >= 11 is 0. The number of aliphatic hydroxyl groups excluding tert-OH is 1. The van der Waals surface area contributed by atoms with Gasteiger partial charge in [-0.15, -0.1) is 0 Å². The van der Waals surface area contributed by atoms with Crippen molar-refractivity contribution in [2.45, 2.75) is 31.8 Å². The summed E-state index contributed by atoms with van der Waals surface area (Å²) < 4.78 is 5.35. The molecule has 1 N–H and O–H groups in total. The molecule has 0 aromatic heterocycles. The summed E-state index contributed by atoms with van der Waals surface area (Å²) in [6.07, 6.45) is 2.18. The van der Waals surface area contributed by atoms with E-state index in [4.69, 9.17) is 9.84 Å². The molecule has 0 aliphatic carbocycles. The second-order valence-corrected chi connectivity index (χ2v) is 2.39. The van der Waals surface area contributed by atoms with E-state index in [1.807, 2.05) is 14.1 Å². The van der Waals surface area contributed by atoms with Gasteiger partial charge in [0, 0.05) is 6.00 Å².